The van der Waals surface area contributed by atoms with Gasteiger partial charge in [-0.1, -0.05) is 133 Å². The highest BCUT2D eigenvalue weighted by molar-refractivity contribution is 6.23. The second kappa shape index (κ2) is 9.37. The Morgan fingerprint density at radius 2 is 0.884 bits per heavy atom. The molecule has 0 bridgehead atoms. The number of para-hydroxylation sites is 2. The van der Waals surface area contributed by atoms with Crippen LogP contribution in [0.15, 0.2) is 150 Å². The summed E-state index contributed by atoms with van der Waals surface area (Å²) >= 11 is 0. The fraction of sp³-hybridized carbons (Fsp3) is 0. The van der Waals surface area contributed by atoms with Gasteiger partial charge in [0.2, 0.25) is 0 Å². The third-order valence-corrected chi connectivity index (χ3v) is 8.45. The summed E-state index contributed by atoms with van der Waals surface area (Å²) in [6.07, 6.45) is 0. The van der Waals surface area contributed by atoms with Crippen molar-refractivity contribution < 1.29 is 4.42 Å². The zero-order valence-electron chi connectivity index (χ0n) is 23.2. The number of fused-ring (bicyclic) bond motifs is 9. The molecule has 3 nitrogen and oxygen atoms in total. The molecule has 43 heavy (non-hydrogen) atoms. The van der Waals surface area contributed by atoms with Crippen molar-refractivity contribution in [2.24, 2.45) is 0 Å². The quantitative estimate of drug-likeness (QED) is 0.206. The molecule has 0 saturated heterocycles. The van der Waals surface area contributed by atoms with Crippen LogP contribution in [0.3, 0.4) is 0 Å². The van der Waals surface area contributed by atoms with E-state index in [1.54, 1.807) is 0 Å². The lowest BCUT2D eigenvalue weighted by Crippen LogP contribution is -1.97. The number of furan rings is 1. The molecular formula is C40H24N2O. The Labute approximate surface area is 247 Å². The van der Waals surface area contributed by atoms with Crippen LogP contribution in [0.2, 0.25) is 0 Å². The van der Waals surface area contributed by atoms with Crippen molar-refractivity contribution in [3.05, 3.63) is 146 Å². The lowest BCUT2D eigenvalue weighted by Gasteiger charge is -2.15. The Morgan fingerprint density at radius 1 is 0.372 bits per heavy atom. The minimum absolute atomic E-state index is 0.859. The van der Waals surface area contributed by atoms with E-state index in [1.807, 2.05) is 18.2 Å². The Hall–Kier alpha value is -5.80. The van der Waals surface area contributed by atoms with Crippen LogP contribution < -0.4 is 0 Å². The molecule has 3 heteroatoms. The summed E-state index contributed by atoms with van der Waals surface area (Å²) in [5.41, 5.74) is 9.52. The summed E-state index contributed by atoms with van der Waals surface area (Å²) in [5.74, 6) is 0. The van der Waals surface area contributed by atoms with E-state index in [0.717, 1.165) is 77.4 Å². The first-order valence-corrected chi connectivity index (χ1v) is 14.5. The van der Waals surface area contributed by atoms with E-state index in [-0.39, 0.29) is 0 Å². The van der Waals surface area contributed by atoms with E-state index in [9.17, 15) is 0 Å². The highest BCUT2D eigenvalue weighted by atomic mass is 16.3. The number of benzene rings is 7. The molecular weight excluding hydrogens is 524 g/mol. The van der Waals surface area contributed by atoms with Crippen molar-refractivity contribution in [1.82, 2.24) is 9.97 Å². The third kappa shape index (κ3) is 3.68. The van der Waals surface area contributed by atoms with Crippen LogP contribution >= 0.6 is 0 Å². The molecule has 0 N–H and O–H groups in total. The van der Waals surface area contributed by atoms with Crippen molar-refractivity contribution in [1.29, 1.82) is 0 Å². The number of nitrogens with zero attached hydrogens (tertiary/aromatic N) is 2. The molecule has 200 valence electrons. The average molecular weight is 549 g/mol. The van der Waals surface area contributed by atoms with E-state index in [2.05, 4.69) is 127 Å². The van der Waals surface area contributed by atoms with Crippen molar-refractivity contribution in [2.75, 3.05) is 0 Å². The molecule has 0 amide bonds. The Morgan fingerprint density at radius 3 is 1.60 bits per heavy atom. The van der Waals surface area contributed by atoms with Crippen molar-refractivity contribution in [2.45, 2.75) is 0 Å². The maximum Gasteiger partial charge on any atom is 0.143 e. The second-order valence-electron chi connectivity index (χ2n) is 10.9. The van der Waals surface area contributed by atoms with Crippen LogP contribution in [-0.2, 0) is 0 Å². The van der Waals surface area contributed by atoms with Crippen LogP contribution in [0.25, 0.3) is 88.2 Å². The fourth-order valence-corrected chi connectivity index (χ4v) is 6.47. The first kappa shape index (κ1) is 23.9. The Balaban J connectivity index is 1.34. The first-order valence-electron chi connectivity index (χ1n) is 14.5. The highest BCUT2D eigenvalue weighted by Crippen LogP contribution is 2.40. The van der Waals surface area contributed by atoms with Gasteiger partial charge in [-0.2, -0.15) is 0 Å². The molecule has 0 fully saturated rings. The number of aromatic nitrogens is 2. The van der Waals surface area contributed by atoms with Gasteiger partial charge < -0.3 is 4.42 Å². The first-order chi connectivity index (χ1) is 21.3. The predicted molar refractivity (Wildman–Crippen MR) is 178 cm³/mol. The standard InChI is InChI=1S/C40H24N2O/c1-2-12-25(13-3-1)36-37(42-39-33-20-7-5-17-30(33)29-16-4-6-19-32(29)38(39)41-36)27-15-10-14-26(24-27)28-21-11-22-34-31-18-8-9-23-35(31)43-40(28)34/h1-24H. The lowest BCUT2D eigenvalue weighted by molar-refractivity contribution is 0.670. The highest BCUT2D eigenvalue weighted by Gasteiger charge is 2.19. The van der Waals surface area contributed by atoms with Crippen molar-refractivity contribution >= 4 is 54.5 Å². The zero-order chi connectivity index (χ0) is 28.3. The average Bonchev–Trinajstić information content (AvgIpc) is 3.47. The molecule has 0 saturated carbocycles. The smallest absolute Gasteiger partial charge is 0.143 e. The largest absolute Gasteiger partial charge is 0.455 e. The summed E-state index contributed by atoms with van der Waals surface area (Å²) in [4.78, 5) is 10.8. The van der Waals surface area contributed by atoms with Gasteiger partial charge in [-0.05, 0) is 28.5 Å². The maximum atomic E-state index is 6.40. The monoisotopic (exact) mass is 548 g/mol. The van der Waals surface area contributed by atoms with E-state index in [4.69, 9.17) is 14.4 Å². The zero-order valence-corrected chi connectivity index (χ0v) is 23.2. The molecule has 9 rings (SSSR count). The molecule has 9 aromatic rings. The molecule has 0 aliphatic rings. The summed E-state index contributed by atoms with van der Waals surface area (Å²) in [5, 5.41) is 6.83. The van der Waals surface area contributed by atoms with Crippen LogP contribution in [0.1, 0.15) is 0 Å². The summed E-state index contributed by atoms with van der Waals surface area (Å²) in [6, 6.07) is 50.6. The van der Waals surface area contributed by atoms with Gasteiger partial charge in [-0.3, -0.25) is 0 Å². The maximum absolute atomic E-state index is 6.40. The summed E-state index contributed by atoms with van der Waals surface area (Å²) in [7, 11) is 0. The van der Waals surface area contributed by atoms with E-state index in [1.165, 1.54) is 10.8 Å². The van der Waals surface area contributed by atoms with Crippen LogP contribution in [0, 0.1) is 0 Å². The van der Waals surface area contributed by atoms with Gasteiger partial charge in [-0.15, -0.1) is 0 Å². The predicted octanol–water partition coefficient (Wildman–Crippen LogP) is 10.8. The topological polar surface area (TPSA) is 38.9 Å². The van der Waals surface area contributed by atoms with Gasteiger partial charge in [0, 0.05) is 38.2 Å². The van der Waals surface area contributed by atoms with Gasteiger partial charge in [0.05, 0.1) is 22.4 Å². The molecule has 0 spiro atoms. The lowest BCUT2D eigenvalue weighted by atomic mass is 9.96. The molecule has 2 heterocycles. The normalized spacial score (nSPS) is 11.7. The molecule has 2 aromatic heterocycles. The van der Waals surface area contributed by atoms with Crippen molar-refractivity contribution in [3.63, 3.8) is 0 Å². The third-order valence-electron chi connectivity index (χ3n) is 8.45. The minimum Gasteiger partial charge on any atom is -0.455 e. The van der Waals surface area contributed by atoms with Crippen molar-refractivity contribution in [3.8, 4) is 33.6 Å². The molecule has 7 aromatic carbocycles. The molecule has 0 aliphatic heterocycles. The van der Waals surface area contributed by atoms with Gasteiger partial charge in [0.1, 0.15) is 11.2 Å². The summed E-state index contributed by atoms with van der Waals surface area (Å²) in [6.45, 7) is 0. The molecule has 0 aliphatic carbocycles. The minimum atomic E-state index is 0.859. The van der Waals surface area contributed by atoms with E-state index < -0.39 is 0 Å². The molecule has 0 atom stereocenters. The fourth-order valence-electron chi connectivity index (χ4n) is 6.47. The second-order valence-corrected chi connectivity index (χ2v) is 10.9. The number of rotatable bonds is 3. The number of hydrogen-bond acceptors (Lipinski definition) is 3. The van der Waals surface area contributed by atoms with Gasteiger partial charge >= 0.3 is 0 Å². The summed E-state index contributed by atoms with van der Waals surface area (Å²) < 4.78 is 6.40. The Kier molecular flexibility index (Phi) is 5.20. The molecule has 0 radical (unpaired) electrons. The van der Waals surface area contributed by atoms with Gasteiger partial charge in [0.15, 0.2) is 0 Å². The van der Waals surface area contributed by atoms with E-state index in [0.29, 0.717) is 0 Å². The van der Waals surface area contributed by atoms with Crippen LogP contribution in [-0.4, -0.2) is 9.97 Å². The molecule has 0 unspecified atom stereocenters. The van der Waals surface area contributed by atoms with Gasteiger partial charge in [-0.25, -0.2) is 9.97 Å². The number of hydrogen-bond donors (Lipinski definition) is 0. The van der Waals surface area contributed by atoms with Crippen LogP contribution in [0.4, 0.5) is 0 Å². The Bertz CT molecular complexity index is 2510. The van der Waals surface area contributed by atoms with Gasteiger partial charge in [0.25, 0.3) is 0 Å². The van der Waals surface area contributed by atoms with Crippen LogP contribution in [0.5, 0.6) is 0 Å². The SMILES string of the molecule is c1ccc(-c2nc3c4ccccc4c4ccccc4c3nc2-c2cccc(-c3cccc4c3oc3ccccc34)c2)cc1. The van der Waals surface area contributed by atoms with E-state index >= 15 is 0 Å².